The molecule has 0 amide bonds. The molecule has 0 aromatic heterocycles. The van der Waals surface area contributed by atoms with Gasteiger partial charge in [0.2, 0.25) is 0 Å². The third kappa shape index (κ3) is 9.36. The second kappa shape index (κ2) is 9.36. The first-order chi connectivity index (χ1) is 5.41. The van der Waals surface area contributed by atoms with E-state index >= 15 is 0 Å². The Bertz CT molecular complexity index is 119. The van der Waals surface area contributed by atoms with Crippen molar-refractivity contribution in [2.75, 3.05) is 6.61 Å². The van der Waals surface area contributed by atoms with E-state index in [1.54, 1.807) is 0 Å². The van der Waals surface area contributed by atoms with Gasteiger partial charge in [-0.2, -0.15) is 0 Å². The molecule has 0 aliphatic rings. The molecule has 0 aromatic rings. The van der Waals surface area contributed by atoms with Gasteiger partial charge in [-0.15, -0.1) is 0 Å². The van der Waals surface area contributed by atoms with Gasteiger partial charge in [-0.05, 0) is 12.8 Å². The van der Waals surface area contributed by atoms with E-state index in [4.69, 9.17) is 4.74 Å². The molecule has 0 saturated heterocycles. The lowest BCUT2D eigenvalue weighted by Crippen LogP contribution is -1.85. The Hall–Kier alpha value is -0.640. The van der Waals surface area contributed by atoms with Crippen LogP contribution in [-0.4, -0.2) is 6.61 Å². The van der Waals surface area contributed by atoms with Crippen molar-refractivity contribution in [2.45, 2.75) is 46.0 Å². The molecule has 1 nitrogen and oxygen atoms in total. The average Bonchev–Trinajstić information content (AvgIpc) is 2.03. The molecule has 0 bridgehead atoms. The summed E-state index contributed by atoms with van der Waals surface area (Å²) >= 11 is 0. The summed E-state index contributed by atoms with van der Waals surface area (Å²) in [6.45, 7) is 5.10. The monoisotopic (exact) mass is 154 g/mol. The fourth-order valence-electron chi connectivity index (χ4n) is 0.635. The molecule has 0 fully saturated rings. The zero-order chi connectivity index (χ0) is 8.36. The Morgan fingerprint density at radius 3 is 2.45 bits per heavy atom. The van der Waals surface area contributed by atoms with Gasteiger partial charge in [0.15, 0.2) is 0 Å². The van der Waals surface area contributed by atoms with Gasteiger partial charge in [-0.1, -0.05) is 32.6 Å². The minimum atomic E-state index is 0.787. The number of ether oxygens (including phenoxy) is 1. The van der Waals surface area contributed by atoms with Crippen molar-refractivity contribution in [3.63, 3.8) is 0 Å². The van der Waals surface area contributed by atoms with E-state index in [9.17, 15) is 0 Å². The van der Waals surface area contributed by atoms with Crippen LogP contribution in [0.25, 0.3) is 0 Å². The Labute approximate surface area is 70.1 Å². The lowest BCUT2D eigenvalue weighted by Gasteiger charge is -1.92. The van der Waals surface area contributed by atoms with Gasteiger partial charge in [0.05, 0.1) is 0 Å². The van der Waals surface area contributed by atoms with Crippen LogP contribution in [0.3, 0.4) is 0 Å². The van der Waals surface area contributed by atoms with Crippen molar-refractivity contribution < 1.29 is 4.74 Å². The molecule has 0 unspecified atom stereocenters. The molecule has 0 aliphatic heterocycles. The van der Waals surface area contributed by atoms with E-state index in [2.05, 4.69) is 25.9 Å². The molecule has 0 N–H and O–H groups in total. The molecule has 0 atom stereocenters. The van der Waals surface area contributed by atoms with E-state index in [1.807, 2.05) is 0 Å². The normalized spacial score (nSPS) is 8.55. The molecular weight excluding hydrogens is 136 g/mol. The molecule has 0 aromatic carbocycles. The van der Waals surface area contributed by atoms with E-state index in [0.717, 1.165) is 19.4 Å². The van der Waals surface area contributed by atoms with Crippen LogP contribution >= 0.6 is 0 Å². The first-order valence-electron chi connectivity index (χ1n) is 4.51. The third-order valence-electron chi connectivity index (χ3n) is 1.40. The van der Waals surface area contributed by atoms with Gasteiger partial charge in [0.1, 0.15) is 12.7 Å². The zero-order valence-corrected chi connectivity index (χ0v) is 7.65. The number of hydrogen-bond donors (Lipinski definition) is 0. The highest BCUT2D eigenvalue weighted by Crippen LogP contribution is 1.91. The maximum absolute atomic E-state index is 5.06. The first kappa shape index (κ1) is 10.4. The molecule has 0 saturated carbocycles. The molecule has 0 heterocycles. The fraction of sp³-hybridized carbons (Fsp3) is 0.800. The van der Waals surface area contributed by atoms with Gasteiger partial charge in [-0.25, -0.2) is 0 Å². The van der Waals surface area contributed by atoms with Gasteiger partial charge in [0.25, 0.3) is 0 Å². The second-order valence-electron chi connectivity index (χ2n) is 2.58. The van der Waals surface area contributed by atoms with Crippen LogP contribution in [0, 0.1) is 12.0 Å². The number of unbranched alkanes of at least 4 members (excludes halogenated alkanes) is 3. The summed E-state index contributed by atoms with van der Waals surface area (Å²) in [7, 11) is 0. The van der Waals surface area contributed by atoms with Gasteiger partial charge >= 0.3 is 0 Å². The summed E-state index contributed by atoms with van der Waals surface area (Å²) in [5.41, 5.74) is 0. The Morgan fingerprint density at radius 2 is 1.82 bits per heavy atom. The lowest BCUT2D eigenvalue weighted by molar-refractivity contribution is 0.270. The topological polar surface area (TPSA) is 9.23 Å². The Kier molecular flexibility index (Phi) is 8.82. The van der Waals surface area contributed by atoms with Crippen molar-refractivity contribution in [3.8, 4) is 12.0 Å². The van der Waals surface area contributed by atoms with E-state index in [0.29, 0.717) is 0 Å². The van der Waals surface area contributed by atoms with Crippen LogP contribution in [0.2, 0.25) is 0 Å². The zero-order valence-electron chi connectivity index (χ0n) is 7.65. The second-order valence-corrected chi connectivity index (χ2v) is 2.58. The molecule has 0 spiro atoms. The molecule has 0 rings (SSSR count). The highest BCUT2D eigenvalue weighted by Gasteiger charge is 1.80. The molecule has 0 radical (unpaired) electrons. The minimum Gasteiger partial charge on any atom is -0.447 e. The summed E-state index contributed by atoms with van der Waals surface area (Å²) in [5.74, 6) is 2.97. The smallest absolute Gasteiger partial charge is 0.110 e. The van der Waals surface area contributed by atoms with Crippen molar-refractivity contribution in [2.24, 2.45) is 0 Å². The minimum absolute atomic E-state index is 0.787. The Balaban J connectivity index is 2.99. The summed E-state index contributed by atoms with van der Waals surface area (Å²) < 4.78 is 5.06. The van der Waals surface area contributed by atoms with Crippen molar-refractivity contribution in [1.82, 2.24) is 0 Å². The van der Waals surface area contributed by atoms with Gasteiger partial charge in [-0.3, -0.25) is 0 Å². The fourth-order valence-corrected chi connectivity index (χ4v) is 0.635. The van der Waals surface area contributed by atoms with Crippen LogP contribution in [0.1, 0.15) is 46.0 Å². The lowest BCUT2D eigenvalue weighted by atomic mass is 10.3. The SMILES string of the molecule is CCCCC#COCCCC. The van der Waals surface area contributed by atoms with Crippen LogP contribution in [0.5, 0.6) is 0 Å². The van der Waals surface area contributed by atoms with Crippen LogP contribution in [0.4, 0.5) is 0 Å². The maximum atomic E-state index is 5.06. The van der Waals surface area contributed by atoms with Crippen LogP contribution in [0.15, 0.2) is 0 Å². The predicted molar refractivity (Wildman–Crippen MR) is 48.2 cm³/mol. The van der Waals surface area contributed by atoms with Crippen molar-refractivity contribution in [1.29, 1.82) is 0 Å². The standard InChI is InChI=1S/C10H18O/c1-3-5-7-8-10-11-9-6-4-2/h3-7,9H2,1-2H3. The highest BCUT2D eigenvalue weighted by atomic mass is 16.5. The summed E-state index contributed by atoms with van der Waals surface area (Å²) in [6.07, 6.45) is 8.37. The third-order valence-corrected chi connectivity index (χ3v) is 1.40. The maximum Gasteiger partial charge on any atom is 0.110 e. The molecular formula is C10H18O. The molecule has 1 heteroatoms. The van der Waals surface area contributed by atoms with E-state index in [-0.39, 0.29) is 0 Å². The predicted octanol–water partition coefficient (Wildman–Crippen LogP) is 2.95. The van der Waals surface area contributed by atoms with Gasteiger partial charge < -0.3 is 4.74 Å². The van der Waals surface area contributed by atoms with Crippen molar-refractivity contribution in [3.05, 3.63) is 0 Å². The van der Waals surface area contributed by atoms with Crippen molar-refractivity contribution >= 4 is 0 Å². The van der Waals surface area contributed by atoms with Crippen LogP contribution in [-0.2, 0) is 4.74 Å². The average molecular weight is 154 g/mol. The van der Waals surface area contributed by atoms with E-state index in [1.165, 1.54) is 19.3 Å². The quantitative estimate of drug-likeness (QED) is 0.437. The summed E-state index contributed by atoms with van der Waals surface area (Å²) in [6, 6.07) is 0. The number of rotatable bonds is 5. The molecule has 64 valence electrons. The largest absolute Gasteiger partial charge is 0.447 e. The summed E-state index contributed by atoms with van der Waals surface area (Å²) in [5, 5.41) is 0. The van der Waals surface area contributed by atoms with E-state index < -0.39 is 0 Å². The first-order valence-corrected chi connectivity index (χ1v) is 4.51. The highest BCUT2D eigenvalue weighted by molar-refractivity contribution is 4.90. The molecule has 11 heavy (non-hydrogen) atoms. The molecule has 0 aliphatic carbocycles. The van der Waals surface area contributed by atoms with Gasteiger partial charge in [0, 0.05) is 6.42 Å². The van der Waals surface area contributed by atoms with Crippen LogP contribution < -0.4 is 0 Å². The number of hydrogen-bond acceptors (Lipinski definition) is 1. The Morgan fingerprint density at radius 1 is 1.09 bits per heavy atom. The summed E-state index contributed by atoms with van der Waals surface area (Å²) in [4.78, 5) is 0.